The molecule has 1 heterocycles. The Kier molecular flexibility index (Phi) is 5.45. The number of carbonyl (C=O) groups excluding carboxylic acids is 2. The molecule has 0 fully saturated rings. The zero-order chi connectivity index (χ0) is 19.4. The number of fused-ring (bicyclic) bond motifs is 1. The minimum Gasteiger partial charge on any atom is -0.449 e. The average Bonchev–Trinajstić information content (AvgIpc) is 2.67. The van der Waals surface area contributed by atoms with Gasteiger partial charge in [-0.2, -0.15) is 0 Å². The summed E-state index contributed by atoms with van der Waals surface area (Å²) in [4.78, 5) is 29.1. The number of halogens is 1. The molecule has 0 bridgehead atoms. The Hall–Kier alpha value is -3.28. The Morgan fingerprint density at radius 2 is 1.85 bits per heavy atom. The smallest absolute Gasteiger partial charge is 0.339 e. The minimum atomic E-state index is -0.918. The summed E-state index contributed by atoms with van der Waals surface area (Å²) in [5.74, 6) is -1.33. The van der Waals surface area contributed by atoms with Crippen molar-refractivity contribution in [1.82, 2.24) is 10.3 Å². The van der Waals surface area contributed by atoms with Gasteiger partial charge in [-0.25, -0.2) is 14.2 Å². The van der Waals surface area contributed by atoms with Crippen LogP contribution >= 0.6 is 0 Å². The number of rotatable bonds is 5. The maximum atomic E-state index is 13.2. The summed E-state index contributed by atoms with van der Waals surface area (Å²) in [5, 5.41) is 3.24. The number of ether oxygens (including phenoxy) is 1. The van der Waals surface area contributed by atoms with Crippen LogP contribution < -0.4 is 5.32 Å². The van der Waals surface area contributed by atoms with Gasteiger partial charge in [0, 0.05) is 17.5 Å². The van der Waals surface area contributed by atoms with Gasteiger partial charge in [-0.1, -0.05) is 18.2 Å². The maximum Gasteiger partial charge on any atom is 0.339 e. The number of likely N-dealkylation sites (N-methyl/N-ethyl adjacent to an activating group) is 1. The molecule has 0 aliphatic heterocycles. The predicted molar refractivity (Wildman–Crippen MR) is 101 cm³/mol. The molecule has 0 unspecified atom stereocenters. The van der Waals surface area contributed by atoms with Crippen LogP contribution in [0, 0.1) is 5.82 Å². The first-order valence-corrected chi connectivity index (χ1v) is 8.64. The van der Waals surface area contributed by atoms with E-state index in [0.29, 0.717) is 34.3 Å². The zero-order valence-electron chi connectivity index (χ0n) is 15.0. The lowest BCUT2D eigenvalue weighted by Gasteiger charge is -2.14. The SMILES string of the molecule is CCNC(=O)[C@@H](C)OC(=O)c1cc(-c2ccc(F)cc2)nc2ccccc12. The number of aromatic nitrogens is 1. The molecule has 138 valence electrons. The zero-order valence-corrected chi connectivity index (χ0v) is 15.0. The Morgan fingerprint density at radius 1 is 1.15 bits per heavy atom. The highest BCUT2D eigenvalue weighted by molar-refractivity contribution is 6.05. The number of para-hydroxylation sites is 1. The number of benzene rings is 2. The molecule has 27 heavy (non-hydrogen) atoms. The number of nitrogens with one attached hydrogen (secondary N) is 1. The fraction of sp³-hybridized carbons (Fsp3) is 0.190. The highest BCUT2D eigenvalue weighted by Gasteiger charge is 2.21. The number of carbonyl (C=O) groups is 2. The number of amides is 1. The molecule has 2 aromatic carbocycles. The van der Waals surface area contributed by atoms with Gasteiger partial charge in [0.15, 0.2) is 6.10 Å². The van der Waals surface area contributed by atoms with Crippen molar-refractivity contribution in [2.24, 2.45) is 0 Å². The Labute approximate surface area is 156 Å². The summed E-state index contributed by atoms with van der Waals surface area (Å²) in [6.07, 6.45) is -0.918. The normalized spacial score (nSPS) is 11.8. The van der Waals surface area contributed by atoms with Crippen molar-refractivity contribution in [3.8, 4) is 11.3 Å². The van der Waals surface area contributed by atoms with Crippen LogP contribution in [0.25, 0.3) is 22.2 Å². The van der Waals surface area contributed by atoms with Crippen LogP contribution in [0.5, 0.6) is 0 Å². The summed E-state index contributed by atoms with van der Waals surface area (Å²) < 4.78 is 18.5. The third kappa shape index (κ3) is 4.11. The number of pyridine rings is 1. The number of hydrogen-bond acceptors (Lipinski definition) is 4. The molecule has 0 spiro atoms. The fourth-order valence-electron chi connectivity index (χ4n) is 2.71. The Bertz CT molecular complexity index is 986. The van der Waals surface area contributed by atoms with Crippen LogP contribution in [-0.2, 0) is 9.53 Å². The highest BCUT2D eigenvalue weighted by Crippen LogP contribution is 2.26. The molecule has 5 nitrogen and oxygen atoms in total. The molecule has 0 aliphatic rings. The molecule has 0 radical (unpaired) electrons. The average molecular weight is 366 g/mol. The van der Waals surface area contributed by atoms with E-state index < -0.39 is 12.1 Å². The van der Waals surface area contributed by atoms with Crippen molar-refractivity contribution in [1.29, 1.82) is 0 Å². The van der Waals surface area contributed by atoms with E-state index in [1.807, 2.05) is 6.07 Å². The lowest BCUT2D eigenvalue weighted by molar-refractivity contribution is -0.128. The minimum absolute atomic E-state index is 0.302. The topological polar surface area (TPSA) is 68.3 Å². The molecular formula is C21H19FN2O3. The molecule has 0 saturated carbocycles. The molecule has 1 atom stereocenters. The van der Waals surface area contributed by atoms with Crippen LogP contribution in [0.15, 0.2) is 54.6 Å². The van der Waals surface area contributed by atoms with Crippen LogP contribution in [0.4, 0.5) is 4.39 Å². The van der Waals surface area contributed by atoms with E-state index in [0.717, 1.165) is 0 Å². The Morgan fingerprint density at radius 3 is 2.56 bits per heavy atom. The predicted octanol–water partition coefficient (Wildman–Crippen LogP) is 3.72. The molecule has 1 amide bonds. The summed E-state index contributed by atoms with van der Waals surface area (Å²) in [7, 11) is 0. The Balaban J connectivity index is 2.01. The lowest BCUT2D eigenvalue weighted by atomic mass is 10.0. The van der Waals surface area contributed by atoms with Gasteiger partial charge in [0.2, 0.25) is 0 Å². The van der Waals surface area contributed by atoms with Crippen molar-refractivity contribution >= 4 is 22.8 Å². The van der Waals surface area contributed by atoms with E-state index in [4.69, 9.17) is 4.74 Å². The van der Waals surface area contributed by atoms with Gasteiger partial charge in [0.25, 0.3) is 5.91 Å². The van der Waals surface area contributed by atoms with Crippen molar-refractivity contribution in [2.75, 3.05) is 6.54 Å². The van der Waals surface area contributed by atoms with Crippen molar-refractivity contribution in [2.45, 2.75) is 20.0 Å². The van der Waals surface area contributed by atoms with Gasteiger partial charge in [-0.3, -0.25) is 4.79 Å². The summed E-state index contributed by atoms with van der Waals surface area (Å²) >= 11 is 0. The molecule has 3 rings (SSSR count). The molecule has 1 aromatic heterocycles. The van der Waals surface area contributed by atoms with Crippen LogP contribution in [0.3, 0.4) is 0 Å². The van der Waals surface area contributed by atoms with Gasteiger partial charge in [0.1, 0.15) is 5.82 Å². The van der Waals surface area contributed by atoms with Crippen LogP contribution in [0.1, 0.15) is 24.2 Å². The third-order valence-corrected chi connectivity index (χ3v) is 4.08. The second-order valence-corrected chi connectivity index (χ2v) is 6.02. The van der Waals surface area contributed by atoms with Crippen LogP contribution in [-0.4, -0.2) is 29.5 Å². The first-order valence-electron chi connectivity index (χ1n) is 8.64. The van der Waals surface area contributed by atoms with E-state index in [9.17, 15) is 14.0 Å². The van der Waals surface area contributed by atoms with Crippen LogP contribution in [0.2, 0.25) is 0 Å². The summed E-state index contributed by atoms with van der Waals surface area (Å²) in [6, 6.07) is 14.6. The molecular weight excluding hydrogens is 347 g/mol. The van der Waals surface area contributed by atoms with Crippen molar-refractivity contribution < 1.29 is 18.7 Å². The number of nitrogens with zero attached hydrogens (tertiary/aromatic N) is 1. The second-order valence-electron chi connectivity index (χ2n) is 6.02. The van der Waals surface area contributed by atoms with Crippen molar-refractivity contribution in [3.63, 3.8) is 0 Å². The molecule has 0 aliphatic carbocycles. The molecule has 0 saturated heterocycles. The number of hydrogen-bond donors (Lipinski definition) is 1. The monoisotopic (exact) mass is 366 g/mol. The fourth-order valence-corrected chi connectivity index (χ4v) is 2.71. The highest BCUT2D eigenvalue weighted by atomic mass is 19.1. The van der Waals surface area contributed by atoms with E-state index >= 15 is 0 Å². The summed E-state index contributed by atoms with van der Waals surface area (Å²) in [6.45, 7) is 3.76. The van der Waals surface area contributed by atoms with Gasteiger partial charge in [-0.05, 0) is 50.2 Å². The van der Waals surface area contributed by atoms with Gasteiger partial charge < -0.3 is 10.1 Å². The largest absolute Gasteiger partial charge is 0.449 e. The second kappa shape index (κ2) is 7.95. The quantitative estimate of drug-likeness (QED) is 0.699. The van der Waals surface area contributed by atoms with E-state index in [1.54, 1.807) is 43.3 Å². The number of esters is 1. The third-order valence-electron chi connectivity index (χ3n) is 4.08. The van der Waals surface area contributed by atoms with Gasteiger partial charge >= 0.3 is 5.97 Å². The molecule has 6 heteroatoms. The van der Waals surface area contributed by atoms with Crippen molar-refractivity contribution in [3.05, 3.63) is 66.0 Å². The van der Waals surface area contributed by atoms with Gasteiger partial charge in [0.05, 0.1) is 16.8 Å². The van der Waals surface area contributed by atoms with E-state index in [1.165, 1.54) is 19.1 Å². The molecule has 1 N–H and O–H groups in total. The molecule has 3 aromatic rings. The first kappa shape index (κ1) is 18.5. The van der Waals surface area contributed by atoms with Gasteiger partial charge in [-0.15, -0.1) is 0 Å². The lowest BCUT2D eigenvalue weighted by Crippen LogP contribution is -2.35. The maximum absolute atomic E-state index is 13.2. The van der Waals surface area contributed by atoms with E-state index in [-0.39, 0.29) is 11.7 Å². The summed E-state index contributed by atoms with van der Waals surface area (Å²) in [5.41, 5.74) is 2.10. The first-order chi connectivity index (χ1) is 13.0. The van der Waals surface area contributed by atoms with E-state index in [2.05, 4.69) is 10.3 Å². The standard InChI is InChI=1S/C21H19FN2O3/c1-3-23-20(25)13(2)27-21(26)17-12-19(14-8-10-15(22)11-9-14)24-18-7-5-4-6-16(17)18/h4-13H,3H2,1-2H3,(H,23,25)/t13-/m1/s1.